The predicted molar refractivity (Wildman–Crippen MR) is 46.5 cm³/mol. The fourth-order valence-electron chi connectivity index (χ4n) is 1.38. The molecule has 0 bridgehead atoms. The highest BCUT2D eigenvalue weighted by Crippen LogP contribution is 2.17. The average Bonchev–Trinajstić information content (AvgIpc) is 2.35. The third kappa shape index (κ3) is 0.979. The van der Waals surface area contributed by atoms with Crippen LogP contribution >= 0.6 is 11.6 Å². The first-order valence-corrected chi connectivity index (χ1v) is 4.03. The normalized spacial score (nSPS) is 16.0. The molecule has 0 amide bonds. The quantitative estimate of drug-likeness (QED) is 0.564. The molecule has 1 aromatic heterocycles. The van der Waals surface area contributed by atoms with Crippen molar-refractivity contribution in [1.29, 1.82) is 0 Å². The lowest BCUT2D eigenvalue weighted by Crippen LogP contribution is -2.15. The van der Waals surface area contributed by atoms with Gasteiger partial charge in [0.15, 0.2) is 0 Å². The fourth-order valence-corrected chi connectivity index (χ4v) is 1.62. The molecule has 0 fully saturated rings. The zero-order valence-electron chi connectivity index (χ0n) is 6.34. The Morgan fingerprint density at radius 3 is 3.09 bits per heavy atom. The lowest BCUT2D eigenvalue weighted by atomic mass is 10.2. The van der Waals surface area contributed by atoms with Gasteiger partial charge in [0, 0.05) is 6.54 Å². The molecule has 0 spiro atoms. The highest BCUT2D eigenvalue weighted by molar-refractivity contribution is 6.30. The van der Waals surface area contributed by atoms with Crippen LogP contribution < -0.4 is 0 Å². The summed E-state index contributed by atoms with van der Waals surface area (Å²) in [7, 11) is 0. The van der Waals surface area contributed by atoms with Gasteiger partial charge in [-0.1, -0.05) is 11.6 Å². The molecule has 11 heavy (non-hydrogen) atoms. The first kappa shape index (κ1) is 6.92. The van der Waals surface area contributed by atoms with Gasteiger partial charge in [0.1, 0.15) is 5.15 Å². The van der Waals surface area contributed by atoms with E-state index >= 15 is 0 Å². The van der Waals surface area contributed by atoms with E-state index in [4.69, 9.17) is 11.6 Å². The molecular weight excluding hydrogens is 160 g/mol. The molecule has 0 N–H and O–H groups in total. The Labute approximate surface area is 70.5 Å². The van der Waals surface area contributed by atoms with E-state index < -0.39 is 0 Å². The maximum atomic E-state index is 5.93. The Morgan fingerprint density at radius 1 is 1.55 bits per heavy atom. The van der Waals surface area contributed by atoms with Gasteiger partial charge >= 0.3 is 0 Å². The Morgan fingerprint density at radius 2 is 2.36 bits per heavy atom. The van der Waals surface area contributed by atoms with Crippen molar-refractivity contribution >= 4 is 17.3 Å². The first-order valence-electron chi connectivity index (χ1n) is 3.65. The summed E-state index contributed by atoms with van der Waals surface area (Å²) in [5.74, 6) is 0. The van der Waals surface area contributed by atoms with Crippen LogP contribution in [-0.4, -0.2) is 16.8 Å². The second kappa shape index (κ2) is 2.38. The minimum Gasteiger partial charge on any atom is -0.329 e. The minimum absolute atomic E-state index is 0.814. The van der Waals surface area contributed by atoms with Crippen LogP contribution in [0.5, 0.6) is 0 Å². The second-order valence-electron chi connectivity index (χ2n) is 2.66. The van der Waals surface area contributed by atoms with Gasteiger partial charge in [-0.25, -0.2) is 0 Å². The van der Waals surface area contributed by atoms with Gasteiger partial charge in [-0.15, -0.1) is 0 Å². The standard InChI is InChI=1S/C8H9ClN2/c1-6-7-2-3-8(9)11(7)5-4-10-6/h2-3H,4-5H2,1H3. The number of fused-ring (bicyclic) bond motifs is 1. The van der Waals surface area contributed by atoms with Crippen molar-refractivity contribution in [3.63, 3.8) is 0 Å². The van der Waals surface area contributed by atoms with E-state index in [1.165, 1.54) is 0 Å². The smallest absolute Gasteiger partial charge is 0.109 e. The topological polar surface area (TPSA) is 17.3 Å². The molecular formula is C8H9ClN2. The summed E-state index contributed by atoms with van der Waals surface area (Å²) in [6.07, 6.45) is 0. The summed E-state index contributed by atoms with van der Waals surface area (Å²) in [5.41, 5.74) is 2.24. The highest BCUT2D eigenvalue weighted by Gasteiger charge is 2.11. The number of hydrogen-bond acceptors (Lipinski definition) is 1. The number of rotatable bonds is 0. The largest absolute Gasteiger partial charge is 0.329 e. The van der Waals surface area contributed by atoms with E-state index in [1.807, 2.05) is 19.1 Å². The van der Waals surface area contributed by atoms with Crippen LogP contribution in [0, 0.1) is 0 Å². The molecule has 0 saturated carbocycles. The van der Waals surface area contributed by atoms with E-state index in [2.05, 4.69) is 9.56 Å². The van der Waals surface area contributed by atoms with Crippen molar-refractivity contribution in [3.05, 3.63) is 23.0 Å². The molecule has 2 nitrogen and oxygen atoms in total. The van der Waals surface area contributed by atoms with Gasteiger partial charge in [-0.3, -0.25) is 4.99 Å². The number of nitrogens with zero attached hydrogens (tertiary/aromatic N) is 2. The van der Waals surface area contributed by atoms with Crippen LogP contribution in [0.25, 0.3) is 0 Å². The highest BCUT2D eigenvalue weighted by atomic mass is 35.5. The first-order chi connectivity index (χ1) is 5.29. The Balaban J connectivity index is 2.58. The van der Waals surface area contributed by atoms with Gasteiger partial charge < -0.3 is 4.57 Å². The van der Waals surface area contributed by atoms with Crippen molar-refractivity contribution in [3.8, 4) is 0 Å². The second-order valence-corrected chi connectivity index (χ2v) is 3.05. The van der Waals surface area contributed by atoms with Gasteiger partial charge in [-0.2, -0.15) is 0 Å². The van der Waals surface area contributed by atoms with E-state index in [0.29, 0.717) is 0 Å². The zero-order valence-corrected chi connectivity index (χ0v) is 7.10. The molecule has 1 aliphatic heterocycles. The van der Waals surface area contributed by atoms with Gasteiger partial charge in [-0.05, 0) is 19.1 Å². The summed E-state index contributed by atoms with van der Waals surface area (Å²) in [5, 5.41) is 0.814. The van der Waals surface area contributed by atoms with E-state index in [1.54, 1.807) is 0 Å². The Bertz CT molecular complexity index is 312. The number of aromatic nitrogens is 1. The maximum Gasteiger partial charge on any atom is 0.109 e. The number of halogens is 1. The third-order valence-corrected chi connectivity index (χ3v) is 2.30. The van der Waals surface area contributed by atoms with Gasteiger partial charge in [0.2, 0.25) is 0 Å². The van der Waals surface area contributed by atoms with Crippen molar-refractivity contribution in [2.45, 2.75) is 13.5 Å². The molecule has 58 valence electrons. The van der Waals surface area contributed by atoms with E-state index in [9.17, 15) is 0 Å². The minimum atomic E-state index is 0.814. The molecule has 0 aromatic carbocycles. The molecule has 1 aliphatic rings. The molecule has 3 heteroatoms. The maximum absolute atomic E-state index is 5.93. The molecule has 0 atom stereocenters. The Hall–Kier alpha value is -0.760. The molecule has 0 saturated heterocycles. The van der Waals surface area contributed by atoms with E-state index in [-0.39, 0.29) is 0 Å². The van der Waals surface area contributed by atoms with Crippen LogP contribution in [0.15, 0.2) is 17.1 Å². The lowest BCUT2D eigenvalue weighted by molar-refractivity contribution is 0.690. The predicted octanol–water partition coefficient (Wildman–Crippen LogP) is 1.96. The molecule has 1 aromatic rings. The van der Waals surface area contributed by atoms with Crippen molar-refractivity contribution < 1.29 is 0 Å². The van der Waals surface area contributed by atoms with Crippen molar-refractivity contribution in [1.82, 2.24) is 4.57 Å². The van der Waals surface area contributed by atoms with Gasteiger partial charge in [0.05, 0.1) is 18.0 Å². The fraction of sp³-hybridized carbons (Fsp3) is 0.375. The Kier molecular flexibility index (Phi) is 1.50. The SMILES string of the molecule is CC1=NCCn2c(Cl)ccc21. The van der Waals surface area contributed by atoms with Gasteiger partial charge in [0.25, 0.3) is 0 Å². The van der Waals surface area contributed by atoms with Crippen molar-refractivity contribution in [2.24, 2.45) is 4.99 Å². The van der Waals surface area contributed by atoms with Crippen molar-refractivity contribution in [2.75, 3.05) is 6.54 Å². The average molecular weight is 169 g/mol. The summed E-state index contributed by atoms with van der Waals surface area (Å²) < 4.78 is 2.09. The van der Waals surface area contributed by atoms with Crippen LogP contribution in [-0.2, 0) is 6.54 Å². The molecule has 0 aliphatic carbocycles. The summed E-state index contributed by atoms with van der Waals surface area (Å²) in [4.78, 5) is 4.32. The summed E-state index contributed by atoms with van der Waals surface area (Å²) in [6, 6.07) is 3.93. The molecule has 2 heterocycles. The molecule has 0 unspecified atom stereocenters. The summed E-state index contributed by atoms with van der Waals surface area (Å²) in [6.45, 7) is 3.78. The van der Waals surface area contributed by atoms with Crippen LogP contribution in [0.4, 0.5) is 0 Å². The monoisotopic (exact) mass is 168 g/mol. The summed E-state index contributed by atoms with van der Waals surface area (Å²) >= 11 is 5.93. The number of aliphatic imine (C=N–C) groups is 1. The third-order valence-electron chi connectivity index (χ3n) is 1.97. The lowest BCUT2D eigenvalue weighted by Gasteiger charge is -2.13. The van der Waals surface area contributed by atoms with Crippen LogP contribution in [0.2, 0.25) is 5.15 Å². The van der Waals surface area contributed by atoms with Crippen LogP contribution in [0.1, 0.15) is 12.6 Å². The van der Waals surface area contributed by atoms with Crippen LogP contribution in [0.3, 0.4) is 0 Å². The number of hydrogen-bond donors (Lipinski definition) is 0. The molecule has 2 rings (SSSR count). The van der Waals surface area contributed by atoms with E-state index in [0.717, 1.165) is 29.6 Å². The molecule has 0 radical (unpaired) electrons. The zero-order chi connectivity index (χ0) is 7.84.